The smallest absolute Gasteiger partial charge is 0.225 e. The Bertz CT molecular complexity index is 968. The minimum atomic E-state index is 0.0943. The lowest BCUT2D eigenvalue weighted by molar-refractivity contribution is 0.859. The first-order valence-electron chi connectivity index (χ1n) is 9.64. The molecule has 0 bridgehead atoms. The standard InChI is InChI=1S/C24H27N5/c1-5-15-25-21-13-12-18(3)22(17-21)29(6-2)23-14-16-26-24(28-23)27-19(4)20-10-8-7-9-11-20/h5-14,16-17,19,25H,1-2,15H2,3-4H3,(H,26,27,28)/t19-/m0/s1. The Kier molecular flexibility index (Phi) is 6.63. The molecule has 2 aromatic carbocycles. The van der Waals surface area contributed by atoms with Crippen molar-refractivity contribution in [3.63, 3.8) is 0 Å². The van der Waals surface area contributed by atoms with Gasteiger partial charge in [0.1, 0.15) is 5.82 Å². The third-order valence-corrected chi connectivity index (χ3v) is 4.63. The maximum atomic E-state index is 4.71. The summed E-state index contributed by atoms with van der Waals surface area (Å²) in [6.45, 7) is 12.6. The van der Waals surface area contributed by atoms with Gasteiger partial charge in [-0.25, -0.2) is 4.98 Å². The van der Waals surface area contributed by atoms with Gasteiger partial charge < -0.3 is 15.5 Å². The molecule has 0 amide bonds. The minimum Gasteiger partial charge on any atom is -0.382 e. The van der Waals surface area contributed by atoms with Gasteiger partial charge in [-0.05, 0) is 43.2 Å². The average Bonchev–Trinajstić information content (AvgIpc) is 2.75. The highest BCUT2D eigenvalue weighted by Crippen LogP contribution is 2.30. The molecule has 148 valence electrons. The molecule has 0 radical (unpaired) electrons. The highest BCUT2D eigenvalue weighted by molar-refractivity contribution is 5.71. The number of rotatable bonds is 9. The van der Waals surface area contributed by atoms with Crippen LogP contribution < -0.4 is 15.5 Å². The highest BCUT2D eigenvalue weighted by atomic mass is 15.2. The Morgan fingerprint density at radius 3 is 2.62 bits per heavy atom. The molecule has 0 aliphatic rings. The van der Waals surface area contributed by atoms with Gasteiger partial charge in [0, 0.05) is 24.6 Å². The van der Waals surface area contributed by atoms with E-state index in [1.807, 2.05) is 35.2 Å². The Morgan fingerprint density at radius 1 is 1.10 bits per heavy atom. The van der Waals surface area contributed by atoms with Crippen LogP contribution in [0.2, 0.25) is 0 Å². The van der Waals surface area contributed by atoms with Crippen LogP contribution in [0.15, 0.2) is 86.2 Å². The number of nitrogens with zero attached hydrogens (tertiary/aromatic N) is 3. The van der Waals surface area contributed by atoms with Crippen molar-refractivity contribution < 1.29 is 0 Å². The molecule has 2 N–H and O–H groups in total. The van der Waals surface area contributed by atoms with Crippen LogP contribution in [-0.2, 0) is 0 Å². The largest absolute Gasteiger partial charge is 0.382 e. The molecule has 0 saturated heterocycles. The Morgan fingerprint density at radius 2 is 1.90 bits per heavy atom. The second-order valence-corrected chi connectivity index (χ2v) is 6.74. The zero-order chi connectivity index (χ0) is 20.6. The molecule has 3 rings (SSSR count). The molecular weight excluding hydrogens is 358 g/mol. The van der Waals surface area contributed by atoms with E-state index in [1.165, 1.54) is 5.56 Å². The van der Waals surface area contributed by atoms with Gasteiger partial charge in [0.25, 0.3) is 0 Å². The monoisotopic (exact) mass is 385 g/mol. The van der Waals surface area contributed by atoms with Crippen LogP contribution >= 0.6 is 0 Å². The third-order valence-electron chi connectivity index (χ3n) is 4.63. The number of anilines is 4. The number of benzene rings is 2. The molecule has 1 heterocycles. The van der Waals surface area contributed by atoms with Crippen molar-refractivity contribution in [1.29, 1.82) is 0 Å². The van der Waals surface area contributed by atoms with E-state index in [4.69, 9.17) is 4.98 Å². The van der Waals surface area contributed by atoms with Crippen molar-refractivity contribution in [2.45, 2.75) is 19.9 Å². The summed E-state index contributed by atoms with van der Waals surface area (Å²) in [6, 6.07) is 18.4. The molecule has 5 nitrogen and oxygen atoms in total. The summed E-state index contributed by atoms with van der Waals surface area (Å²) in [5, 5.41) is 6.70. The predicted octanol–water partition coefficient (Wildman–Crippen LogP) is 5.84. The summed E-state index contributed by atoms with van der Waals surface area (Å²) in [6.07, 6.45) is 5.36. The van der Waals surface area contributed by atoms with E-state index >= 15 is 0 Å². The summed E-state index contributed by atoms with van der Waals surface area (Å²) in [4.78, 5) is 11.1. The fourth-order valence-electron chi connectivity index (χ4n) is 3.06. The summed E-state index contributed by atoms with van der Waals surface area (Å²) in [5.74, 6) is 1.33. The highest BCUT2D eigenvalue weighted by Gasteiger charge is 2.13. The molecule has 0 aliphatic heterocycles. The van der Waals surface area contributed by atoms with E-state index in [0.29, 0.717) is 12.5 Å². The molecular formula is C24H27N5. The van der Waals surface area contributed by atoms with Crippen LogP contribution in [0.3, 0.4) is 0 Å². The molecule has 0 saturated carbocycles. The molecule has 0 spiro atoms. The molecule has 1 aromatic heterocycles. The first kappa shape index (κ1) is 20.1. The van der Waals surface area contributed by atoms with Crippen molar-refractivity contribution in [2.75, 3.05) is 22.1 Å². The number of hydrogen-bond acceptors (Lipinski definition) is 5. The third kappa shape index (κ3) is 5.02. The number of hydrogen-bond donors (Lipinski definition) is 2. The van der Waals surface area contributed by atoms with Crippen LogP contribution in [0.25, 0.3) is 0 Å². The van der Waals surface area contributed by atoms with Crippen LogP contribution in [-0.4, -0.2) is 16.5 Å². The normalized spacial score (nSPS) is 11.4. The van der Waals surface area contributed by atoms with E-state index in [1.54, 1.807) is 12.4 Å². The minimum absolute atomic E-state index is 0.0943. The predicted molar refractivity (Wildman–Crippen MR) is 123 cm³/mol. The van der Waals surface area contributed by atoms with Crippen molar-refractivity contribution >= 4 is 23.1 Å². The van der Waals surface area contributed by atoms with Gasteiger partial charge in [-0.1, -0.05) is 49.1 Å². The molecule has 3 aromatic rings. The van der Waals surface area contributed by atoms with E-state index in [2.05, 4.69) is 73.0 Å². The lowest BCUT2D eigenvalue weighted by Gasteiger charge is -2.23. The van der Waals surface area contributed by atoms with Gasteiger partial charge in [-0.3, -0.25) is 0 Å². The summed E-state index contributed by atoms with van der Waals surface area (Å²) < 4.78 is 0. The first-order chi connectivity index (χ1) is 14.1. The quantitative estimate of drug-likeness (QED) is 0.453. The van der Waals surface area contributed by atoms with Crippen molar-refractivity contribution in [1.82, 2.24) is 9.97 Å². The SMILES string of the molecule is C=CCNc1ccc(C)c(N(C=C)c2ccnc(N[C@@H](C)c3ccccc3)n2)c1. The van der Waals surface area contributed by atoms with Crippen LogP contribution in [0, 0.1) is 6.92 Å². The molecule has 1 atom stereocenters. The average molecular weight is 386 g/mol. The summed E-state index contributed by atoms with van der Waals surface area (Å²) >= 11 is 0. The van der Waals surface area contributed by atoms with Gasteiger partial charge in [0.15, 0.2) is 0 Å². The second kappa shape index (κ2) is 9.55. The maximum absolute atomic E-state index is 4.71. The zero-order valence-corrected chi connectivity index (χ0v) is 17.0. The summed E-state index contributed by atoms with van der Waals surface area (Å²) in [7, 11) is 0. The molecule has 0 fully saturated rings. The Balaban J connectivity index is 1.86. The van der Waals surface area contributed by atoms with E-state index in [0.717, 1.165) is 22.8 Å². The molecule has 0 unspecified atom stereocenters. The van der Waals surface area contributed by atoms with Gasteiger partial charge in [-0.15, -0.1) is 6.58 Å². The molecule has 29 heavy (non-hydrogen) atoms. The van der Waals surface area contributed by atoms with Gasteiger partial charge >= 0.3 is 0 Å². The second-order valence-electron chi connectivity index (χ2n) is 6.74. The van der Waals surface area contributed by atoms with Crippen LogP contribution in [0.5, 0.6) is 0 Å². The number of aromatic nitrogens is 2. The van der Waals surface area contributed by atoms with Crippen LogP contribution in [0.4, 0.5) is 23.1 Å². The van der Waals surface area contributed by atoms with E-state index in [9.17, 15) is 0 Å². The maximum Gasteiger partial charge on any atom is 0.225 e. The lowest BCUT2D eigenvalue weighted by atomic mass is 10.1. The van der Waals surface area contributed by atoms with Gasteiger partial charge in [0.05, 0.1) is 11.7 Å². The van der Waals surface area contributed by atoms with E-state index < -0.39 is 0 Å². The van der Waals surface area contributed by atoms with Crippen molar-refractivity contribution in [3.05, 3.63) is 97.4 Å². The zero-order valence-electron chi connectivity index (χ0n) is 17.0. The van der Waals surface area contributed by atoms with Gasteiger partial charge in [0.2, 0.25) is 5.95 Å². The molecule has 0 aliphatic carbocycles. The Labute approximate surface area is 172 Å². The fraction of sp³-hybridized carbons (Fsp3) is 0.167. The topological polar surface area (TPSA) is 53.1 Å². The lowest BCUT2D eigenvalue weighted by Crippen LogP contribution is -2.14. The number of nitrogens with one attached hydrogen (secondary N) is 2. The van der Waals surface area contributed by atoms with Gasteiger partial charge in [-0.2, -0.15) is 4.98 Å². The number of aryl methyl sites for hydroxylation is 1. The fourth-order valence-corrected chi connectivity index (χ4v) is 3.06. The molecule has 5 heteroatoms. The van der Waals surface area contributed by atoms with Crippen molar-refractivity contribution in [2.24, 2.45) is 0 Å². The van der Waals surface area contributed by atoms with E-state index in [-0.39, 0.29) is 6.04 Å². The van der Waals surface area contributed by atoms with Crippen LogP contribution in [0.1, 0.15) is 24.1 Å². The first-order valence-corrected chi connectivity index (χ1v) is 9.64. The Hall–Kier alpha value is -3.60. The van der Waals surface area contributed by atoms with Crippen molar-refractivity contribution in [3.8, 4) is 0 Å². The summed E-state index contributed by atoms with van der Waals surface area (Å²) in [5.41, 5.74) is 4.33.